The average molecular weight is 315 g/mol. The van der Waals surface area contributed by atoms with E-state index in [-0.39, 0.29) is 10.7 Å². The van der Waals surface area contributed by atoms with Crippen LogP contribution in [0.5, 0.6) is 0 Å². The van der Waals surface area contributed by atoms with Crippen molar-refractivity contribution in [3.63, 3.8) is 0 Å². The van der Waals surface area contributed by atoms with E-state index in [4.69, 9.17) is 11.6 Å². The van der Waals surface area contributed by atoms with Gasteiger partial charge in [-0.15, -0.1) is 0 Å². The molecular formula is C13H12ClFN2O2S. The Morgan fingerprint density at radius 2 is 1.80 bits per heavy atom. The third-order valence-corrected chi connectivity index (χ3v) is 4.55. The first-order valence-electron chi connectivity index (χ1n) is 5.71. The summed E-state index contributed by atoms with van der Waals surface area (Å²) >= 11 is 5.78. The zero-order chi connectivity index (χ0) is 14.9. The summed E-state index contributed by atoms with van der Waals surface area (Å²) in [6.45, 7) is 3.08. The van der Waals surface area contributed by atoms with Crippen LogP contribution in [0, 0.1) is 19.7 Å². The van der Waals surface area contributed by atoms with Gasteiger partial charge in [0.15, 0.2) is 0 Å². The summed E-state index contributed by atoms with van der Waals surface area (Å²) in [6.07, 6.45) is 1.39. The van der Waals surface area contributed by atoms with E-state index < -0.39 is 15.8 Å². The van der Waals surface area contributed by atoms with E-state index in [0.29, 0.717) is 16.1 Å². The molecule has 0 amide bonds. The Bertz CT molecular complexity index is 740. The molecule has 0 spiro atoms. The second-order valence-corrected chi connectivity index (χ2v) is 6.39. The summed E-state index contributed by atoms with van der Waals surface area (Å²) in [7, 11) is -3.85. The first-order chi connectivity index (χ1) is 9.29. The van der Waals surface area contributed by atoms with E-state index in [1.807, 2.05) is 0 Å². The van der Waals surface area contributed by atoms with E-state index in [2.05, 4.69) is 9.71 Å². The molecule has 0 aliphatic carbocycles. The van der Waals surface area contributed by atoms with Crippen molar-refractivity contribution < 1.29 is 12.8 Å². The van der Waals surface area contributed by atoms with Crippen LogP contribution >= 0.6 is 11.6 Å². The molecule has 20 heavy (non-hydrogen) atoms. The molecule has 1 aromatic carbocycles. The van der Waals surface area contributed by atoms with E-state index in [0.717, 1.165) is 0 Å². The van der Waals surface area contributed by atoms with Crippen LogP contribution in [-0.2, 0) is 10.0 Å². The summed E-state index contributed by atoms with van der Waals surface area (Å²) in [6, 6.07) is 5.28. The smallest absolute Gasteiger partial charge is 0.263 e. The Labute approximate surface area is 121 Å². The van der Waals surface area contributed by atoms with Crippen molar-refractivity contribution in [2.45, 2.75) is 18.7 Å². The standard InChI is InChI=1S/C13H12ClFN2O2S/c1-8-5-11(15)6-9(2)13(8)20(18,19)17-12-7-10(14)3-4-16-12/h3-7H,1-2H3,(H,16,17). The molecule has 1 N–H and O–H groups in total. The number of pyridine rings is 1. The van der Waals surface area contributed by atoms with E-state index in [1.165, 1.54) is 44.3 Å². The van der Waals surface area contributed by atoms with Gasteiger partial charge in [0.25, 0.3) is 10.0 Å². The van der Waals surface area contributed by atoms with Gasteiger partial charge in [-0.25, -0.2) is 17.8 Å². The van der Waals surface area contributed by atoms with Gasteiger partial charge in [-0.05, 0) is 43.2 Å². The fourth-order valence-corrected chi connectivity index (χ4v) is 3.58. The lowest BCUT2D eigenvalue weighted by Crippen LogP contribution is -2.16. The number of sulfonamides is 1. The number of benzene rings is 1. The molecule has 0 unspecified atom stereocenters. The highest BCUT2D eigenvalue weighted by Crippen LogP contribution is 2.24. The van der Waals surface area contributed by atoms with Crippen molar-refractivity contribution in [2.24, 2.45) is 0 Å². The summed E-state index contributed by atoms with van der Waals surface area (Å²) < 4.78 is 40.3. The molecule has 0 bridgehead atoms. The van der Waals surface area contributed by atoms with Crippen molar-refractivity contribution in [3.8, 4) is 0 Å². The molecule has 1 aromatic heterocycles. The third kappa shape index (κ3) is 3.08. The fourth-order valence-electron chi connectivity index (χ4n) is 1.97. The largest absolute Gasteiger partial charge is 0.263 e. The molecular weight excluding hydrogens is 303 g/mol. The minimum Gasteiger partial charge on any atom is -0.263 e. The molecule has 0 fully saturated rings. The lowest BCUT2D eigenvalue weighted by atomic mass is 10.1. The van der Waals surface area contributed by atoms with Gasteiger partial charge in [0.1, 0.15) is 11.6 Å². The van der Waals surface area contributed by atoms with Gasteiger partial charge in [-0.3, -0.25) is 4.72 Å². The number of anilines is 1. The maximum Gasteiger partial charge on any atom is 0.263 e. The molecule has 4 nitrogen and oxygen atoms in total. The van der Waals surface area contributed by atoms with Crippen LogP contribution in [0.3, 0.4) is 0 Å². The van der Waals surface area contributed by atoms with E-state index >= 15 is 0 Å². The van der Waals surface area contributed by atoms with E-state index in [1.54, 1.807) is 0 Å². The van der Waals surface area contributed by atoms with Crippen LogP contribution in [0.15, 0.2) is 35.4 Å². The maximum atomic E-state index is 13.2. The monoisotopic (exact) mass is 314 g/mol. The Balaban J connectivity index is 2.46. The van der Waals surface area contributed by atoms with Crippen LogP contribution in [-0.4, -0.2) is 13.4 Å². The zero-order valence-corrected chi connectivity index (χ0v) is 12.4. The SMILES string of the molecule is Cc1cc(F)cc(C)c1S(=O)(=O)Nc1cc(Cl)ccn1. The molecule has 0 saturated heterocycles. The molecule has 0 aliphatic heterocycles. The third-order valence-electron chi connectivity index (χ3n) is 2.65. The van der Waals surface area contributed by atoms with Gasteiger partial charge in [-0.1, -0.05) is 11.6 Å². The van der Waals surface area contributed by atoms with Crippen LogP contribution in [0.4, 0.5) is 10.2 Å². The van der Waals surface area contributed by atoms with Gasteiger partial charge >= 0.3 is 0 Å². The Hall–Kier alpha value is -1.66. The first kappa shape index (κ1) is 14.7. The maximum absolute atomic E-state index is 13.2. The zero-order valence-electron chi connectivity index (χ0n) is 10.8. The number of rotatable bonds is 3. The predicted octanol–water partition coefficient (Wildman–Crippen LogP) is 3.29. The van der Waals surface area contributed by atoms with Crippen molar-refractivity contribution in [2.75, 3.05) is 4.72 Å². The van der Waals surface area contributed by atoms with Gasteiger partial charge < -0.3 is 0 Å². The molecule has 2 aromatic rings. The van der Waals surface area contributed by atoms with Crippen LogP contribution < -0.4 is 4.72 Å². The van der Waals surface area contributed by atoms with E-state index in [9.17, 15) is 12.8 Å². The number of halogens is 2. The normalized spacial score (nSPS) is 11.4. The number of nitrogens with zero attached hydrogens (tertiary/aromatic N) is 1. The highest BCUT2D eigenvalue weighted by atomic mass is 35.5. The molecule has 1 heterocycles. The van der Waals surface area contributed by atoms with Gasteiger partial charge in [-0.2, -0.15) is 0 Å². The van der Waals surface area contributed by atoms with Crippen molar-refractivity contribution >= 4 is 27.4 Å². The summed E-state index contributed by atoms with van der Waals surface area (Å²) in [5, 5.41) is 0.366. The first-order valence-corrected chi connectivity index (χ1v) is 7.57. The van der Waals surface area contributed by atoms with Crippen molar-refractivity contribution in [1.29, 1.82) is 0 Å². The van der Waals surface area contributed by atoms with Crippen LogP contribution in [0.25, 0.3) is 0 Å². The number of hydrogen-bond acceptors (Lipinski definition) is 3. The summed E-state index contributed by atoms with van der Waals surface area (Å²) in [5.41, 5.74) is 0.661. The van der Waals surface area contributed by atoms with Crippen molar-refractivity contribution in [3.05, 3.63) is 52.4 Å². The molecule has 0 aliphatic rings. The van der Waals surface area contributed by atoms with Gasteiger partial charge in [0.05, 0.1) is 4.90 Å². The number of nitrogens with one attached hydrogen (secondary N) is 1. The second kappa shape index (κ2) is 5.38. The minimum absolute atomic E-state index is 0.0423. The second-order valence-electron chi connectivity index (χ2n) is 4.33. The average Bonchev–Trinajstić information content (AvgIpc) is 2.25. The Kier molecular flexibility index (Phi) is 3.96. The highest BCUT2D eigenvalue weighted by molar-refractivity contribution is 7.92. The van der Waals surface area contributed by atoms with Crippen molar-refractivity contribution in [1.82, 2.24) is 4.98 Å². The van der Waals surface area contributed by atoms with Gasteiger partial charge in [0, 0.05) is 17.3 Å². The Morgan fingerprint density at radius 1 is 1.20 bits per heavy atom. The highest BCUT2D eigenvalue weighted by Gasteiger charge is 2.21. The fraction of sp³-hybridized carbons (Fsp3) is 0.154. The van der Waals surface area contributed by atoms with Gasteiger partial charge in [0.2, 0.25) is 0 Å². The number of aromatic nitrogens is 1. The molecule has 0 radical (unpaired) electrons. The lowest BCUT2D eigenvalue weighted by molar-refractivity contribution is 0.597. The summed E-state index contributed by atoms with van der Waals surface area (Å²) in [5.74, 6) is -0.361. The molecule has 0 saturated carbocycles. The molecule has 7 heteroatoms. The van der Waals surface area contributed by atoms with Crippen LogP contribution in [0.1, 0.15) is 11.1 Å². The number of hydrogen-bond donors (Lipinski definition) is 1. The topological polar surface area (TPSA) is 59.1 Å². The number of aryl methyl sites for hydroxylation is 2. The quantitative estimate of drug-likeness (QED) is 0.945. The summed E-state index contributed by atoms with van der Waals surface area (Å²) in [4.78, 5) is 3.92. The molecule has 0 atom stereocenters. The molecule has 106 valence electrons. The lowest BCUT2D eigenvalue weighted by Gasteiger charge is -2.12. The predicted molar refractivity (Wildman–Crippen MR) is 75.9 cm³/mol. The molecule has 2 rings (SSSR count). The van der Waals surface area contributed by atoms with Crippen LogP contribution in [0.2, 0.25) is 5.02 Å². The Morgan fingerprint density at radius 3 is 2.35 bits per heavy atom. The minimum atomic E-state index is -3.85.